The second-order valence-corrected chi connectivity index (χ2v) is 6.74. The maximum Gasteiger partial charge on any atom is 0.319 e. The van der Waals surface area contributed by atoms with Gasteiger partial charge in [-0.3, -0.25) is 4.57 Å². The number of halogens is 2. The minimum absolute atomic E-state index is 0.0305. The van der Waals surface area contributed by atoms with Crippen LogP contribution in [-0.2, 0) is 16.6 Å². The van der Waals surface area contributed by atoms with Gasteiger partial charge in [0.05, 0.1) is 18.0 Å². The van der Waals surface area contributed by atoms with Gasteiger partial charge in [0.1, 0.15) is 11.6 Å². The number of hydrogen-bond donors (Lipinski definition) is 0. The summed E-state index contributed by atoms with van der Waals surface area (Å²) in [5.74, 6) is 0.527. The Balaban J connectivity index is 2.19. The molecule has 2 rings (SSSR count). The minimum Gasteiger partial charge on any atom is -0.494 e. The zero-order chi connectivity index (χ0) is 17.0. The Hall–Kier alpha value is -2.00. The highest BCUT2D eigenvalue weighted by Crippen LogP contribution is 2.21. The Morgan fingerprint density at radius 1 is 1.30 bits per heavy atom. The van der Waals surface area contributed by atoms with Crippen LogP contribution in [0.1, 0.15) is 19.3 Å². The standard InChI is InChI=1S/C14H17F2N3O3S/c1-3-22-11-4-6-12(7-5-11)23(20,21)18(2)10-13-17-8-9-19(13)14(15)16/h4-9,14H,3,10H2,1-2H3. The second-order valence-electron chi connectivity index (χ2n) is 4.69. The average Bonchev–Trinajstić information content (AvgIpc) is 2.96. The summed E-state index contributed by atoms with van der Waals surface area (Å²) in [7, 11) is -2.49. The molecule has 0 saturated heterocycles. The molecule has 0 spiro atoms. The third-order valence-corrected chi connectivity index (χ3v) is 4.98. The van der Waals surface area contributed by atoms with E-state index in [4.69, 9.17) is 4.74 Å². The van der Waals surface area contributed by atoms with Crippen LogP contribution in [-0.4, -0.2) is 35.9 Å². The number of nitrogens with zero attached hydrogens (tertiary/aromatic N) is 3. The van der Waals surface area contributed by atoms with Crippen molar-refractivity contribution in [2.45, 2.75) is 24.9 Å². The molecule has 0 aliphatic carbocycles. The molecule has 9 heteroatoms. The molecule has 0 bridgehead atoms. The number of alkyl halides is 2. The zero-order valence-corrected chi connectivity index (χ0v) is 13.5. The number of rotatable bonds is 7. The van der Waals surface area contributed by atoms with Gasteiger partial charge in [-0.05, 0) is 31.2 Å². The smallest absolute Gasteiger partial charge is 0.319 e. The molecular formula is C14H17F2N3O3S. The number of imidazole rings is 1. The van der Waals surface area contributed by atoms with Crippen LogP contribution < -0.4 is 4.74 Å². The Bertz CT molecular complexity index is 745. The number of hydrogen-bond acceptors (Lipinski definition) is 4. The lowest BCUT2D eigenvalue weighted by Gasteiger charge is -2.17. The summed E-state index contributed by atoms with van der Waals surface area (Å²) in [6.45, 7) is -0.729. The first-order valence-corrected chi connectivity index (χ1v) is 8.29. The first-order chi connectivity index (χ1) is 10.9. The van der Waals surface area contributed by atoms with E-state index in [0.29, 0.717) is 16.9 Å². The van der Waals surface area contributed by atoms with Crippen LogP contribution in [0.15, 0.2) is 41.6 Å². The lowest BCUT2D eigenvalue weighted by atomic mass is 10.3. The van der Waals surface area contributed by atoms with Crippen LogP contribution in [0, 0.1) is 0 Å². The monoisotopic (exact) mass is 345 g/mol. The molecule has 0 aliphatic rings. The highest BCUT2D eigenvalue weighted by molar-refractivity contribution is 7.89. The molecule has 1 aromatic carbocycles. The van der Waals surface area contributed by atoms with Gasteiger partial charge in [-0.2, -0.15) is 13.1 Å². The van der Waals surface area contributed by atoms with E-state index in [2.05, 4.69) is 4.98 Å². The van der Waals surface area contributed by atoms with Crippen molar-refractivity contribution in [2.75, 3.05) is 13.7 Å². The number of benzene rings is 1. The summed E-state index contributed by atoms with van der Waals surface area (Å²) in [6.07, 6.45) is 2.32. The van der Waals surface area contributed by atoms with Crippen LogP contribution in [0.25, 0.3) is 0 Å². The highest BCUT2D eigenvalue weighted by Gasteiger charge is 2.23. The molecule has 6 nitrogen and oxygen atoms in total. The Kier molecular flexibility index (Phi) is 5.32. The van der Waals surface area contributed by atoms with Gasteiger partial charge in [0.25, 0.3) is 0 Å². The fourth-order valence-electron chi connectivity index (χ4n) is 1.98. The van der Waals surface area contributed by atoms with E-state index in [9.17, 15) is 17.2 Å². The highest BCUT2D eigenvalue weighted by atomic mass is 32.2. The molecular weight excluding hydrogens is 328 g/mol. The normalized spacial score (nSPS) is 12.1. The molecule has 0 atom stereocenters. The van der Waals surface area contributed by atoms with E-state index in [1.165, 1.54) is 25.4 Å². The van der Waals surface area contributed by atoms with E-state index in [-0.39, 0.29) is 17.3 Å². The first-order valence-electron chi connectivity index (χ1n) is 6.85. The summed E-state index contributed by atoms with van der Waals surface area (Å²) in [6, 6.07) is 5.92. The lowest BCUT2D eigenvalue weighted by Crippen LogP contribution is -2.28. The van der Waals surface area contributed by atoms with Gasteiger partial charge in [0, 0.05) is 19.4 Å². The van der Waals surface area contributed by atoms with Crippen molar-refractivity contribution in [2.24, 2.45) is 0 Å². The summed E-state index contributed by atoms with van der Waals surface area (Å²) >= 11 is 0. The van der Waals surface area contributed by atoms with Gasteiger partial charge in [0.2, 0.25) is 10.0 Å². The Morgan fingerprint density at radius 3 is 2.52 bits per heavy atom. The Morgan fingerprint density at radius 2 is 1.96 bits per heavy atom. The predicted molar refractivity (Wildman–Crippen MR) is 79.7 cm³/mol. The van der Waals surface area contributed by atoms with Gasteiger partial charge in [-0.25, -0.2) is 13.4 Å². The predicted octanol–water partition coefficient (Wildman–Crippen LogP) is 2.50. The number of sulfonamides is 1. The summed E-state index contributed by atoms with van der Waals surface area (Å²) in [5.41, 5.74) is 0. The van der Waals surface area contributed by atoms with Gasteiger partial charge in [-0.1, -0.05) is 0 Å². The number of ether oxygens (including phenoxy) is 1. The third-order valence-electron chi connectivity index (χ3n) is 3.17. The van der Waals surface area contributed by atoms with Crippen molar-refractivity contribution in [3.63, 3.8) is 0 Å². The Labute approximate surface area is 133 Å². The minimum atomic E-state index is -3.81. The molecule has 0 amide bonds. The molecule has 0 N–H and O–H groups in total. The van der Waals surface area contributed by atoms with E-state index in [0.717, 1.165) is 10.5 Å². The van der Waals surface area contributed by atoms with Crippen LogP contribution >= 0.6 is 0 Å². The van der Waals surface area contributed by atoms with Crippen molar-refractivity contribution < 1.29 is 21.9 Å². The quantitative estimate of drug-likeness (QED) is 0.773. The molecule has 0 aliphatic heterocycles. The fourth-order valence-corrected chi connectivity index (χ4v) is 3.11. The largest absolute Gasteiger partial charge is 0.494 e. The van der Waals surface area contributed by atoms with Crippen molar-refractivity contribution in [1.29, 1.82) is 0 Å². The molecule has 0 radical (unpaired) electrons. The summed E-state index contributed by atoms with van der Waals surface area (Å²) in [4.78, 5) is 3.83. The van der Waals surface area contributed by atoms with Crippen LogP contribution in [0.2, 0.25) is 0 Å². The van der Waals surface area contributed by atoms with Crippen LogP contribution in [0.5, 0.6) is 5.75 Å². The SMILES string of the molecule is CCOc1ccc(S(=O)(=O)N(C)Cc2nccn2C(F)F)cc1. The van der Waals surface area contributed by atoms with Crippen LogP contribution in [0.4, 0.5) is 8.78 Å². The molecule has 0 saturated carbocycles. The van der Waals surface area contributed by atoms with E-state index in [1.54, 1.807) is 12.1 Å². The molecule has 126 valence electrons. The fraction of sp³-hybridized carbons (Fsp3) is 0.357. The molecule has 23 heavy (non-hydrogen) atoms. The van der Waals surface area contributed by atoms with Gasteiger partial charge in [0.15, 0.2) is 0 Å². The van der Waals surface area contributed by atoms with E-state index in [1.807, 2.05) is 6.92 Å². The second kappa shape index (κ2) is 7.05. The van der Waals surface area contributed by atoms with Crippen molar-refractivity contribution in [3.8, 4) is 5.75 Å². The van der Waals surface area contributed by atoms with Crippen molar-refractivity contribution in [3.05, 3.63) is 42.5 Å². The molecule has 1 heterocycles. The molecule has 0 fully saturated rings. The van der Waals surface area contributed by atoms with Crippen molar-refractivity contribution in [1.82, 2.24) is 13.9 Å². The topological polar surface area (TPSA) is 64.4 Å². The molecule has 0 unspecified atom stereocenters. The average molecular weight is 345 g/mol. The molecule has 2 aromatic rings. The van der Waals surface area contributed by atoms with Crippen molar-refractivity contribution >= 4 is 10.0 Å². The van der Waals surface area contributed by atoms with E-state index >= 15 is 0 Å². The third kappa shape index (κ3) is 3.85. The number of aromatic nitrogens is 2. The van der Waals surface area contributed by atoms with Gasteiger partial charge in [-0.15, -0.1) is 0 Å². The lowest BCUT2D eigenvalue weighted by molar-refractivity contribution is 0.0658. The first kappa shape index (κ1) is 17.4. The van der Waals surface area contributed by atoms with Gasteiger partial charge < -0.3 is 4.74 Å². The van der Waals surface area contributed by atoms with E-state index < -0.39 is 16.6 Å². The maximum atomic E-state index is 12.8. The zero-order valence-electron chi connectivity index (χ0n) is 12.7. The molecule has 1 aromatic heterocycles. The maximum absolute atomic E-state index is 12.8. The summed E-state index contributed by atoms with van der Waals surface area (Å²) < 4.78 is 57.4. The van der Waals surface area contributed by atoms with Crippen LogP contribution in [0.3, 0.4) is 0 Å². The summed E-state index contributed by atoms with van der Waals surface area (Å²) in [5, 5.41) is 0. The van der Waals surface area contributed by atoms with Gasteiger partial charge >= 0.3 is 6.55 Å².